The number of nitrogens with zero attached hydrogens (tertiary/aromatic N) is 2. The monoisotopic (exact) mass is 405 g/mol. The Labute approximate surface area is 162 Å². The quantitative estimate of drug-likeness (QED) is 0.603. The number of rotatable bonds is 5. The Balaban J connectivity index is 1.78. The number of hydrogen-bond acceptors (Lipinski definition) is 6. The van der Waals surface area contributed by atoms with Crippen LogP contribution in [0.3, 0.4) is 0 Å². The molecule has 1 N–H and O–H groups in total. The van der Waals surface area contributed by atoms with Crippen molar-refractivity contribution in [2.75, 3.05) is 29.0 Å². The molecular formula is C18H19N3O6S. The van der Waals surface area contributed by atoms with E-state index in [2.05, 4.69) is 5.32 Å². The second-order valence-electron chi connectivity index (χ2n) is 6.24. The van der Waals surface area contributed by atoms with Gasteiger partial charge in [0.15, 0.2) is 0 Å². The zero-order valence-electron chi connectivity index (χ0n) is 15.1. The van der Waals surface area contributed by atoms with Gasteiger partial charge in [-0.2, -0.15) is 0 Å². The van der Waals surface area contributed by atoms with Gasteiger partial charge in [-0.15, -0.1) is 0 Å². The fraction of sp³-hybridized carbons (Fsp3) is 0.278. The van der Waals surface area contributed by atoms with Gasteiger partial charge in [0.05, 0.1) is 35.2 Å². The van der Waals surface area contributed by atoms with Crippen molar-refractivity contribution in [2.45, 2.75) is 12.8 Å². The zero-order valence-corrected chi connectivity index (χ0v) is 15.9. The molecule has 148 valence electrons. The van der Waals surface area contributed by atoms with Gasteiger partial charge in [-0.1, -0.05) is 0 Å². The molecule has 0 saturated carbocycles. The number of carbonyl (C=O) groups excluding carboxylic acids is 1. The van der Waals surface area contributed by atoms with Crippen LogP contribution < -0.4 is 14.4 Å². The van der Waals surface area contributed by atoms with E-state index in [9.17, 15) is 23.3 Å². The first kappa shape index (κ1) is 19.6. The van der Waals surface area contributed by atoms with Gasteiger partial charge in [0.25, 0.3) is 11.6 Å². The lowest BCUT2D eigenvalue weighted by Crippen LogP contribution is -2.37. The third-order valence-electron chi connectivity index (χ3n) is 4.41. The van der Waals surface area contributed by atoms with Gasteiger partial charge in [-0.3, -0.25) is 19.2 Å². The molecule has 28 heavy (non-hydrogen) atoms. The van der Waals surface area contributed by atoms with E-state index < -0.39 is 20.9 Å². The third-order valence-corrected chi connectivity index (χ3v) is 6.28. The maximum absolute atomic E-state index is 12.5. The Morgan fingerprint density at radius 3 is 2.50 bits per heavy atom. The summed E-state index contributed by atoms with van der Waals surface area (Å²) in [6, 6.07) is 10.1. The first-order valence-electron chi connectivity index (χ1n) is 8.56. The van der Waals surface area contributed by atoms with Crippen LogP contribution in [-0.2, 0) is 10.0 Å². The molecule has 0 aromatic heterocycles. The summed E-state index contributed by atoms with van der Waals surface area (Å²) in [5.74, 6) is -0.159. The molecule has 1 aliphatic heterocycles. The highest BCUT2D eigenvalue weighted by Gasteiger charge is 2.26. The molecule has 0 aliphatic carbocycles. The van der Waals surface area contributed by atoms with E-state index in [1.165, 1.54) is 41.7 Å². The molecule has 0 atom stereocenters. The summed E-state index contributed by atoms with van der Waals surface area (Å²) < 4.78 is 30.8. The molecule has 0 bridgehead atoms. The Bertz CT molecular complexity index is 1000. The van der Waals surface area contributed by atoms with Crippen molar-refractivity contribution in [3.05, 3.63) is 58.1 Å². The molecule has 3 rings (SSSR count). The van der Waals surface area contributed by atoms with Crippen LogP contribution in [0.1, 0.15) is 23.2 Å². The molecule has 0 spiro atoms. The van der Waals surface area contributed by atoms with E-state index in [0.29, 0.717) is 29.9 Å². The lowest BCUT2D eigenvalue weighted by molar-refractivity contribution is -0.384. The Morgan fingerprint density at radius 2 is 1.89 bits per heavy atom. The highest BCUT2D eigenvalue weighted by Crippen LogP contribution is 2.30. The average molecular weight is 405 g/mol. The number of non-ortho nitro benzene ring substituents is 1. The van der Waals surface area contributed by atoms with E-state index in [1.54, 1.807) is 12.1 Å². The summed E-state index contributed by atoms with van der Waals surface area (Å²) in [4.78, 5) is 22.8. The van der Waals surface area contributed by atoms with Crippen molar-refractivity contribution >= 4 is 33.0 Å². The number of carbonyl (C=O) groups is 1. The third kappa shape index (κ3) is 4.06. The number of sulfonamides is 1. The smallest absolute Gasteiger partial charge is 0.273 e. The van der Waals surface area contributed by atoms with Crippen LogP contribution in [0.15, 0.2) is 42.5 Å². The van der Waals surface area contributed by atoms with E-state index in [1.807, 2.05) is 0 Å². The van der Waals surface area contributed by atoms with Gasteiger partial charge in [0.1, 0.15) is 5.75 Å². The Morgan fingerprint density at radius 1 is 1.18 bits per heavy atom. The summed E-state index contributed by atoms with van der Waals surface area (Å²) >= 11 is 0. The second kappa shape index (κ2) is 7.85. The van der Waals surface area contributed by atoms with Gasteiger partial charge < -0.3 is 10.1 Å². The number of ether oxygens (including phenoxy) is 1. The zero-order chi connectivity index (χ0) is 20.3. The standard InChI is InChI=1S/C18H19N3O6S/c1-27-17-12-15(21(23)24)8-9-16(17)19-18(22)13-4-6-14(7-5-13)20-10-2-3-11-28(20,25)26/h4-9,12H,2-3,10-11H2,1H3,(H,19,22). The minimum atomic E-state index is -3.32. The van der Waals surface area contributed by atoms with Gasteiger partial charge in [0, 0.05) is 18.2 Å². The van der Waals surface area contributed by atoms with Crippen molar-refractivity contribution in [3.63, 3.8) is 0 Å². The lowest BCUT2D eigenvalue weighted by atomic mass is 10.1. The molecule has 1 heterocycles. The van der Waals surface area contributed by atoms with Crippen molar-refractivity contribution in [3.8, 4) is 5.75 Å². The van der Waals surface area contributed by atoms with Crippen molar-refractivity contribution < 1.29 is 22.9 Å². The predicted molar refractivity (Wildman–Crippen MR) is 104 cm³/mol. The summed E-state index contributed by atoms with van der Waals surface area (Å²) in [5, 5.41) is 13.5. The number of nitro benzene ring substituents is 1. The largest absolute Gasteiger partial charge is 0.494 e. The average Bonchev–Trinajstić information content (AvgIpc) is 2.68. The molecule has 1 fully saturated rings. The SMILES string of the molecule is COc1cc([N+](=O)[O-])ccc1NC(=O)c1ccc(N2CCCCS2(=O)=O)cc1. The molecule has 2 aromatic carbocycles. The summed E-state index contributed by atoms with van der Waals surface area (Å²) in [6.07, 6.45) is 1.44. The molecule has 2 aromatic rings. The van der Waals surface area contributed by atoms with E-state index in [-0.39, 0.29) is 17.2 Å². The minimum absolute atomic E-state index is 0.120. The number of nitro groups is 1. The second-order valence-corrected chi connectivity index (χ2v) is 8.25. The molecule has 10 heteroatoms. The first-order chi connectivity index (χ1) is 13.3. The van der Waals surface area contributed by atoms with Crippen LogP contribution in [0.2, 0.25) is 0 Å². The molecule has 9 nitrogen and oxygen atoms in total. The number of benzene rings is 2. The fourth-order valence-corrected chi connectivity index (χ4v) is 4.59. The molecule has 1 amide bonds. The van der Waals surface area contributed by atoms with Crippen LogP contribution >= 0.6 is 0 Å². The number of hydrogen-bond donors (Lipinski definition) is 1. The molecule has 1 saturated heterocycles. The highest BCUT2D eigenvalue weighted by atomic mass is 32.2. The lowest BCUT2D eigenvalue weighted by Gasteiger charge is -2.28. The van der Waals surface area contributed by atoms with Crippen LogP contribution in [0.5, 0.6) is 5.75 Å². The van der Waals surface area contributed by atoms with E-state index in [4.69, 9.17) is 4.74 Å². The molecular weight excluding hydrogens is 386 g/mol. The number of amides is 1. The van der Waals surface area contributed by atoms with Crippen LogP contribution in [0.4, 0.5) is 17.1 Å². The summed E-state index contributed by atoms with van der Waals surface area (Å²) in [7, 11) is -1.97. The predicted octanol–water partition coefficient (Wildman–Crippen LogP) is 2.79. The number of nitrogens with one attached hydrogen (secondary N) is 1. The Hall–Kier alpha value is -3.14. The summed E-state index contributed by atoms with van der Waals surface area (Å²) in [5.41, 5.74) is 0.977. The topological polar surface area (TPSA) is 119 Å². The van der Waals surface area contributed by atoms with Crippen LogP contribution in [0.25, 0.3) is 0 Å². The number of anilines is 2. The van der Waals surface area contributed by atoms with Crippen LogP contribution in [-0.4, -0.2) is 38.7 Å². The van der Waals surface area contributed by atoms with Gasteiger partial charge in [-0.25, -0.2) is 8.42 Å². The first-order valence-corrected chi connectivity index (χ1v) is 10.2. The minimum Gasteiger partial charge on any atom is -0.494 e. The molecule has 1 aliphatic rings. The Kier molecular flexibility index (Phi) is 5.50. The molecule has 0 unspecified atom stereocenters. The molecule has 0 radical (unpaired) electrons. The van der Waals surface area contributed by atoms with E-state index in [0.717, 1.165) is 6.42 Å². The van der Waals surface area contributed by atoms with E-state index >= 15 is 0 Å². The fourth-order valence-electron chi connectivity index (χ4n) is 2.95. The summed E-state index contributed by atoms with van der Waals surface area (Å²) in [6.45, 7) is 0.424. The van der Waals surface area contributed by atoms with Crippen molar-refractivity contribution in [1.82, 2.24) is 0 Å². The maximum Gasteiger partial charge on any atom is 0.273 e. The van der Waals surface area contributed by atoms with Crippen LogP contribution in [0, 0.1) is 10.1 Å². The normalized spacial score (nSPS) is 15.7. The van der Waals surface area contributed by atoms with Crippen molar-refractivity contribution in [2.24, 2.45) is 0 Å². The van der Waals surface area contributed by atoms with Gasteiger partial charge in [0.2, 0.25) is 10.0 Å². The highest BCUT2D eigenvalue weighted by molar-refractivity contribution is 7.92. The van der Waals surface area contributed by atoms with Crippen molar-refractivity contribution in [1.29, 1.82) is 0 Å². The number of methoxy groups -OCH3 is 1. The van der Waals surface area contributed by atoms with Gasteiger partial charge in [-0.05, 0) is 43.2 Å². The maximum atomic E-state index is 12.5. The van der Waals surface area contributed by atoms with Gasteiger partial charge >= 0.3 is 0 Å².